The number of carbonyl (C=O) groups is 2. The fourth-order valence-corrected chi connectivity index (χ4v) is 3.32. The van der Waals surface area contributed by atoms with Crippen LogP contribution in [0, 0.1) is 5.92 Å². The van der Waals surface area contributed by atoms with E-state index in [1.807, 2.05) is 18.2 Å². The van der Waals surface area contributed by atoms with E-state index in [0.717, 1.165) is 31.5 Å². The predicted molar refractivity (Wildman–Crippen MR) is 99.2 cm³/mol. The molecule has 2 saturated carbocycles. The van der Waals surface area contributed by atoms with Crippen molar-refractivity contribution in [3.8, 4) is 5.69 Å². The van der Waals surface area contributed by atoms with E-state index >= 15 is 0 Å². The van der Waals surface area contributed by atoms with Crippen LogP contribution in [0.25, 0.3) is 5.69 Å². The number of hydrogen-bond acceptors (Lipinski definition) is 4. The number of para-hydroxylation sites is 1. The van der Waals surface area contributed by atoms with Crippen molar-refractivity contribution in [2.75, 3.05) is 6.54 Å². The number of aliphatic carboxylic acids is 1. The van der Waals surface area contributed by atoms with Gasteiger partial charge in [0.05, 0.1) is 16.6 Å². The summed E-state index contributed by atoms with van der Waals surface area (Å²) in [6, 6.07) is 7.42. The van der Waals surface area contributed by atoms with E-state index in [9.17, 15) is 14.7 Å². The lowest BCUT2D eigenvalue weighted by Crippen LogP contribution is -2.39. The number of nitrogens with zero attached hydrogens (tertiary/aromatic N) is 4. The number of rotatable bonds is 7. The van der Waals surface area contributed by atoms with Gasteiger partial charge in [0.15, 0.2) is 0 Å². The van der Waals surface area contributed by atoms with Crippen molar-refractivity contribution in [2.45, 2.75) is 44.6 Å². The first-order valence-electron chi connectivity index (χ1n) is 9.21. The number of benzene rings is 1. The normalized spacial score (nSPS) is 17.6. The van der Waals surface area contributed by atoms with Crippen LogP contribution in [0.2, 0.25) is 5.02 Å². The monoisotopic (exact) mass is 388 g/mol. The molecule has 4 rings (SSSR count). The molecule has 2 aliphatic rings. The van der Waals surface area contributed by atoms with E-state index < -0.39 is 11.9 Å². The van der Waals surface area contributed by atoms with Gasteiger partial charge in [-0.05, 0) is 37.8 Å². The Hall–Kier alpha value is -2.41. The van der Waals surface area contributed by atoms with Gasteiger partial charge in [-0.15, -0.1) is 5.10 Å². The average Bonchev–Trinajstić information content (AvgIpc) is 3.57. The highest BCUT2D eigenvalue weighted by Gasteiger charge is 2.38. The number of amides is 1. The van der Waals surface area contributed by atoms with E-state index in [-0.39, 0.29) is 30.2 Å². The highest BCUT2D eigenvalue weighted by Crippen LogP contribution is 2.40. The maximum absolute atomic E-state index is 13.1. The third kappa shape index (κ3) is 3.69. The van der Waals surface area contributed by atoms with Gasteiger partial charge in [-0.2, -0.15) is 0 Å². The van der Waals surface area contributed by atoms with Crippen LogP contribution in [0.3, 0.4) is 0 Å². The Morgan fingerprint density at radius 1 is 1.30 bits per heavy atom. The van der Waals surface area contributed by atoms with Crippen molar-refractivity contribution < 1.29 is 14.7 Å². The van der Waals surface area contributed by atoms with Gasteiger partial charge >= 0.3 is 5.97 Å². The molecule has 7 nitrogen and oxygen atoms in total. The molecule has 1 amide bonds. The van der Waals surface area contributed by atoms with Crippen molar-refractivity contribution in [3.63, 3.8) is 0 Å². The van der Waals surface area contributed by atoms with Gasteiger partial charge in [0.1, 0.15) is 5.82 Å². The van der Waals surface area contributed by atoms with Gasteiger partial charge in [-0.25, -0.2) is 9.67 Å². The van der Waals surface area contributed by atoms with Gasteiger partial charge in [-0.3, -0.25) is 9.59 Å². The zero-order valence-electron chi connectivity index (χ0n) is 15.0. The summed E-state index contributed by atoms with van der Waals surface area (Å²) in [7, 11) is 0. The van der Waals surface area contributed by atoms with E-state index in [1.54, 1.807) is 22.6 Å². The van der Waals surface area contributed by atoms with Gasteiger partial charge in [-0.1, -0.05) is 30.7 Å². The van der Waals surface area contributed by atoms with Crippen molar-refractivity contribution in [1.29, 1.82) is 0 Å². The van der Waals surface area contributed by atoms with Crippen LogP contribution in [-0.4, -0.2) is 49.2 Å². The van der Waals surface area contributed by atoms with Crippen molar-refractivity contribution in [2.24, 2.45) is 5.92 Å². The van der Waals surface area contributed by atoms with Gasteiger partial charge in [0.25, 0.3) is 5.91 Å². The molecule has 27 heavy (non-hydrogen) atoms. The number of carboxylic acids is 1. The molecule has 1 aromatic carbocycles. The van der Waals surface area contributed by atoms with E-state index in [1.165, 1.54) is 0 Å². The van der Waals surface area contributed by atoms with Crippen molar-refractivity contribution >= 4 is 23.5 Å². The summed E-state index contributed by atoms with van der Waals surface area (Å²) in [5, 5.41) is 14.2. The van der Waals surface area contributed by atoms with Gasteiger partial charge in [0.2, 0.25) is 5.82 Å². The summed E-state index contributed by atoms with van der Waals surface area (Å²) in [5.41, 5.74) is 0.699. The molecular weight excluding hydrogens is 368 g/mol. The zero-order chi connectivity index (χ0) is 19.1. The molecule has 0 bridgehead atoms. The molecule has 0 saturated heterocycles. The first kappa shape index (κ1) is 18.0. The summed E-state index contributed by atoms with van der Waals surface area (Å²) >= 11 is 6.32. The third-order valence-corrected chi connectivity index (χ3v) is 5.31. The van der Waals surface area contributed by atoms with Crippen LogP contribution in [0.1, 0.15) is 55.0 Å². The molecule has 2 aliphatic carbocycles. The van der Waals surface area contributed by atoms with Crippen molar-refractivity contribution in [3.05, 3.63) is 40.9 Å². The van der Waals surface area contributed by atoms with Crippen LogP contribution in [-0.2, 0) is 4.79 Å². The van der Waals surface area contributed by atoms with E-state index in [4.69, 9.17) is 11.6 Å². The molecule has 8 heteroatoms. The summed E-state index contributed by atoms with van der Waals surface area (Å²) in [5.74, 6) is -0.722. The van der Waals surface area contributed by atoms with E-state index in [2.05, 4.69) is 10.1 Å². The predicted octanol–water partition coefficient (Wildman–Crippen LogP) is 3.12. The van der Waals surface area contributed by atoms with Crippen LogP contribution < -0.4 is 0 Å². The summed E-state index contributed by atoms with van der Waals surface area (Å²) in [4.78, 5) is 30.4. The molecule has 2 fully saturated rings. The van der Waals surface area contributed by atoms with Crippen LogP contribution in [0.15, 0.2) is 24.3 Å². The van der Waals surface area contributed by atoms with E-state index in [0.29, 0.717) is 10.7 Å². The zero-order valence-corrected chi connectivity index (χ0v) is 15.8. The maximum Gasteiger partial charge on any atom is 0.308 e. The molecule has 1 N–H and O–H groups in total. The molecule has 1 unspecified atom stereocenters. The Labute approximate surface area is 161 Å². The van der Waals surface area contributed by atoms with Crippen LogP contribution >= 0.6 is 11.6 Å². The topological polar surface area (TPSA) is 88.3 Å². The number of carboxylic acid groups (broad SMARTS) is 1. The number of aromatic nitrogens is 3. The highest BCUT2D eigenvalue weighted by molar-refractivity contribution is 6.32. The SMILES string of the molecule is CC(CN(C(=O)c1nc(C2CC2)n(-c2ccccc2Cl)n1)C1CC1)C(=O)O. The Morgan fingerprint density at radius 2 is 2.00 bits per heavy atom. The highest BCUT2D eigenvalue weighted by atomic mass is 35.5. The molecule has 1 heterocycles. The molecule has 2 aromatic rings. The summed E-state index contributed by atoms with van der Waals surface area (Å²) in [6.07, 6.45) is 3.80. The lowest BCUT2D eigenvalue weighted by Gasteiger charge is -2.22. The first-order chi connectivity index (χ1) is 13.0. The Bertz CT molecular complexity index is 889. The Balaban J connectivity index is 1.67. The largest absolute Gasteiger partial charge is 0.481 e. The van der Waals surface area contributed by atoms with Crippen molar-refractivity contribution in [1.82, 2.24) is 19.7 Å². The molecule has 1 atom stereocenters. The standard InChI is InChI=1S/C19H21ClN4O3/c1-11(19(26)27)10-23(13-8-9-13)18(25)16-21-17(12-6-7-12)24(22-16)15-5-3-2-4-14(15)20/h2-5,11-13H,6-10H2,1H3,(H,26,27). The van der Waals surface area contributed by atoms with Gasteiger partial charge in [0, 0.05) is 18.5 Å². The molecule has 142 valence electrons. The second-order valence-corrected chi connectivity index (χ2v) is 7.77. The van der Waals surface area contributed by atoms with Gasteiger partial charge < -0.3 is 10.0 Å². The first-order valence-corrected chi connectivity index (χ1v) is 9.59. The lowest BCUT2D eigenvalue weighted by atomic mass is 10.1. The second kappa shape index (κ2) is 6.96. The minimum absolute atomic E-state index is 0.0796. The Kier molecular flexibility index (Phi) is 4.63. The minimum Gasteiger partial charge on any atom is -0.481 e. The molecule has 1 aromatic heterocycles. The summed E-state index contributed by atoms with van der Waals surface area (Å²) < 4.78 is 1.67. The molecule has 0 spiro atoms. The average molecular weight is 389 g/mol. The smallest absolute Gasteiger partial charge is 0.308 e. The second-order valence-electron chi connectivity index (χ2n) is 7.36. The minimum atomic E-state index is -0.915. The molecule has 0 radical (unpaired) electrons. The fourth-order valence-electron chi connectivity index (χ4n) is 3.11. The van der Waals surface area contributed by atoms with Crippen LogP contribution in [0.5, 0.6) is 0 Å². The third-order valence-electron chi connectivity index (χ3n) is 4.99. The number of halogens is 1. The molecular formula is C19H21ClN4O3. The quantitative estimate of drug-likeness (QED) is 0.787. The fraction of sp³-hybridized carbons (Fsp3) is 0.474. The number of hydrogen-bond donors (Lipinski definition) is 1. The molecule has 0 aliphatic heterocycles. The maximum atomic E-state index is 13.1. The summed E-state index contributed by atoms with van der Waals surface area (Å²) in [6.45, 7) is 1.77. The lowest BCUT2D eigenvalue weighted by molar-refractivity contribution is -0.141. The van der Waals surface area contributed by atoms with Crippen LogP contribution in [0.4, 0.5) is 0 Å². The number of carbonyl (C=O) groups excluding carboxylic acids is 1. The Morgan fingerprint density at radius 3 is 2.59 bits per heavy atom.